The van der Waals surface area contributed by atoms with E-state index < -0.39 is 42.1 Å². The van der Waals surface area contributed by atoms with Gasteiger partial charge in [0.2, 0.25) is 0 Å². The van der Waals surface area contributed by atoms with Gasteiger partial charge < -0.3 is 29.2 Å². The van der Waals surface area contributed by atoms with E-state index in [-0.39, 0.29) is 13.2 Å². The molecule has 1 aromatic carbocycles. The van der Waals surface area contributed by atoms with Crippen molar-refractivity contribution in [2.24, 2.45) is 5.41 Å². The van der Waals surface area contributed by atoms with Gasteiger partial charge in [-0.2, -0.15) is 0 Å². The molecule has 0 aromatic heterocycles. The molecule has 0 saturated carbocycles. The normalized spacial score (nSPS) is 28.0. The molecule has 7 nitrogen and oxygen atoms in total. The number of aliphatic hydroxyl groups is 2. The van der Waals surface area contributed by atoms with Crippen LogP contribution in [0.1, 0.15) is 26.3 Å². The number of carbonyl (C=O) groups is 1. The molecule has 5 atom stereocenters. The number of benzene rings is 1. The van der Waals surface area contributed by atoms with E-state index in [0.717, 1.165) is 5.56 Å². The molecule has 7 heteroatoms. The van der Waals surface area contributed by atoms with E-state index >= 15 is 0 Å². The second kappa shape index (κ2) is 10.1. The highest BCUT2D eigenvalue weighted by molar-refractivity contribution is 5.75. The molecule has 0 bridgehead atoms. The van der Waals surface area contributed by atoms with Crippen LogP contribution in [0.4, 0.5) is 0 Å². The maximum absolute atomic E-state index is 12.2. The summed E-state index contributed by atoms with van der Waals surface area (Å²) in [6.45, 7) is 9.17. The summed E-state index contributed by atoms with van der Waals surface area (Å²) in [5.41, 5.74) is 0.202. The second-order valence-electron chi connectivity index (χ2n) is 7.76. The Kier molecular flexibility index (Phi) is 8.15. The van der Waals surface area contributed by atoms with Crippen LogP contribution >= 0.6 is 0 Å². The third-order valence-corrected chi connectivity index (χ3v) is 4.29. The van der Waals surface area contributed by atoms with Gasteiger partial charge in [-0.3, -0.25) is 4.79 Å². The van der Waals surface area contributed by atoms with Crippen LogP contribution < -0.4 is 0 Å². The fourth-order valence-electron chi connectivity index (χ4n) is 2.71. The smallest absolute Gasteiger partial charge is 0.311 e. The van der Waals surface area contributed by atoms with Crippen molar-refractivity contribution in [1.82, 2.24) is 0 Å². The standard InChI is InChI=1S/C21H30O7/c1-5-11-26-17-16(22)15(13-25-12-14-9-7-6-8-10-14)27-19(23)18(17)28-20(24)21(2,3)4/h5-10,15-19,22-23H,1,11-13H2,2-4H3/t15-,16+,17+,18-,19-/m1/s1. The van der Waals surface area contributed by atoms with Crippen molar-refractivity contribution in [2.45, 2.75) is 58.1 Å². The summed E-state index contributed by atoms with van der Waals surface area (Å²) in [5.74, 6) is -0.529. The summed E-state index contributed by atoms with van der Waals surface area (Å²) in [4.78, 5) is 12.2. The Morgan fingerprint density at radius 2 is 1.89 bits per heavy atom. The first-order valence-corrected chi connectivity index (χ1v) is 9.31. The Morgan fingerprint density at radius 1 is 1.21 bits per heavy atom. The highest BCUT2D eigenvalue weighted by atomic mass is 16.7. The monoisotopic (exact) mass is 394 g/mol. The van der Waals surface area contributed by atoms with Gasteiger partial charge in [0.1, 0.15) is 18.3 Å². The number of aliphatic hydroxyl groups excluding tert-OH is 2. The Labute approximate surface area is 165 Å². The zero-order valence-electron chi connectivity index (χ0n) is 16.6. The van der Waals surface area contributed by atoms with Crippen LogP contribution in [0, 0.1) is 5.41 Å². The van der Waals surface area contributed by atoms with Crippen molar-refractivity contribution in [3.05, 3.63) is 48.6 Å². The molecular formula is C21H30O7. The minimum absolute atomic E-state index is 0.0427. The van der Waals surface area contributed by atoms with Gasteiger partial charge in [0.25, 0.3) is 0 Å². The molecule has 1 saturated heterocycles. The zero-order chi connectivity index (χ0) is 20.7. The van der Waals surface area contributed by atoms with E-state index in [1.165, 1.54) is 6.08 Å². The van der Waals surface area contributed by atoms with Crippen LogP contribution in [0.3, 0.4) is 0 Å². The molecule has 1 aromatic rings. The number of esters is 1. The van der Waals surface area contributed by atoms with Crippen LogP contribution in [0.2, 0.25) is 0 Å². The maximum atomic E-state index is 12.2. The highest BCUT2D eigenvalue weighted by Gasteiger charge is 2.48. The van der Waals surface area contributed by atoms with E-state index in [9.17, 15) is 15.0 Å². The van der Waals surface area contributed by atoms with Crippen molar-refractivity contribution >= 4 is 5.97 Å². The predicted octanol–water partition coefficient (Wildman–Crippen LogP) is 1.81. The minimum atomic E-state index is -1.45. The number of carbonyl (C=O) groups excluding carboxylic acids is 1. The van der Waals surface area contributed by atoms with Crippen molar-refractivity contribution in [3.63, 3.8) is 0 Å². The maximum Gasteiger partial charge on any atom is 0.311 e. The molecule has 1 fully saturated rings. The number of ether oxygens (including phenoxy) is 4. The van der Waals surface area contributed by atoms with Gasteiger partial charge >= 0.3 is 5.97 Å². The summed E-state index contributed by atoms with van der Waals surface area (Å²) >= 11 is 0. The van der Waals surface area contributed by atoms with E-state index in [1.807, 2.05) is 30.3 Å². The molecule has 156 valence electrons. The molecular weight excluding hydrogens is 364 g/mol. The molecule has 0 unspecified atom stereocenters. The molecule has 0 radical (unpaired) electrons. The quantitative estimate of drug-likeness (QED) is 0.513. The molecule has 0 spiro atoms. The molecule has 0 aliphatic carbocycles. The molecule has 1 heterocycles. The topological polar surface area (TPSA) is 94.5 Å². The van der Waals surface area contributed by atoms with E-state index in [0.29, 0.717) is 6.61 Å². The first-order valence-electron chi connectivity index (χ1n) is 9.31. The van der Waals surface area contributed by atoms with Gasteiger partial charge in [-0.1, -0.05) is 36.4 Å². The Bertz CT molecular complexity index is 625. The summed E-state index contributed by atoms with van der Waals surface area (Å²) in [6, 6.07) is 9.56. The molecule has 0 amide bonds. The zero-order valence-corrected chi connectivity index (χ0v) is 16.6. The van der Waals surface area contributed by atoms with E-state index in [1.54, 1.807) is 20.8 Å². The van der Waals surface area contributed by atoms with Gasteiger partial charge in [0.15, 0.2) is 12.4 Å². The average molecular weight is 394 g/mol. The fourth-order valence-corrected chi connectivity index (χ4v) is 2.71. The molecule has 1 aliphatic rings. The third kappa shape index (κ3) is 6.12. The van der Waals surface area contributed by atoms with Crippen LogP contribution in [-0.4, -0.2) is 60.1 Å². The average Bonchev–Trinajstić information content (AvgIpc) is 2.65. The highest BCUT2D eigenvalue weighted by Crippen LogP contribution is 2.28. The second-order valence-corrected chi connectivity index (χ2v) is 7.76. The Morgan fingerprint density at radius 3 is 2.50 bits per heavy atom. The largest absolute Gasteiger partial charge is 0.454 e. The number of hydrogen-bond acceptors (Lipinski definition) is 7. The van der Waals surface area contributed by atoms with Gasteiger partial charge in [-0.05, 0) is 26.3 Å². The van der Waals surface area contributed by atoms with Crippen molar-refractivity contribution in [3.8, 4) is 0 Å². The van der Waals surface area contributed by atoms with Crippen molar-refractivity contribution in [2.75, 3.05) is 13.2 Å². The number of rotatable bonds is 8. The summed E-state index contributed by atoms with van der Waals surface area (Å²) in [7, 11) is 0. The van der Waals surface area contributed by atoms with Crippen molar-refractivity contribution < 1.29 is 34.0 Å². The van der Waals surface area contributed by atoms with E-state index in [2.05, 4.69) is 6.58 Å². The molecule has 2 rings (SSSR count). The summed E-state index contributed by atoms with van der Waals surface area (Å²) in [5, 5.41) is 21.1. The van der Waals surface area contributed by atoms with E-state index in [4.69, 9.17) is 18.9 Å². The molecule has 2 N–H and O–H groups in total. The lowest BCUT2D eigenvalue weighted by atomic mass is 9.95. The SMILES string of the molecule is C=CCO[C@H]1[C@@H](O)[C@@H](COCc2ccccc2)O[C@@H](O)[C@@H]1OC(=O)C(C)(C)C. The third-order valence-electron chi connectivity index (χ3n) is 4.29. The van der Waals surface area contributed by atoms with Crippen LogP contribution in [0.25, 0.3) is 0 Å². The minimum Gasteiger partial charge on any atom is -0.454 e. The van der Waals surface area contributed by atoms with Crippen molar-refractivity contribution in [1.29, 1.82) is 0 Å². The van der Waals surface area contributed by atoms with Gasteiger partial charge in [-0.25, -0.2) is 0 Å². The summed E-state index contributed by atoms with van der Waals surface area (Å²) in [6.07, 6.45) is -4.06. The lowest BCUT2D eigenvalue weighted by Crippen LogP contribution is -2.61. The van der Waals surface area contributed by atoms with Gasteiger partial charge in [-0.15, -0.1) is 6.58 Å². The van der Waals surface area contributed by atoms with Gasteiger partial charge in [0.05, 0.1) is 25.2 Å². The van der Waals surface area contributed by atoms with Crippen LogP contribution in [-0.2, 0) is 30.3 Å². The lowest BCUT2D eigenvalue weighted by molar-refractivity contribution is -0.300. The first kappa shape index (κ1) is 22.5. The predicted molar refractivity (Wildman–Crippen MR) is 102 cm³/mol. The first-order chi connectivity index (χ1) is 13.2. The van der Waals surface area contributed by atoms with Crippen LogP contribution in [0.15, 0.2) is 43.0 Å². The Balaban J connectivity index is 2.02. The Hall–Kier alpha value is -1.77. The molecule has 1 aliphatic heterocycles. The van der Waals surface area contributed by atoms with Crippen LogP contribution in [0.5, 0.6) is 0 Å². The lowest BCUT2D eigenvalue weighted by Gasteiger charge is -2.42. The fraction of sp³-hybridized carbons (Fsp3) is 0.571. The van der Waals surface area contributed by atoms with Gasteiger partial charge in [0, 0.05) is 0 Å². The summed E-state index contributed by atoms with van der Waals surface area (Å²) < 4.78 is 22.1. The number of hydrogen-bond donors (Lipinski definition) is 2. The molecule has 28 heavy (non-hydrogen) atoms.